The number of hydrogen-bond acceptors (Lipinski definition) is 3. The smallest absolute Gasteiger partial charge is 0.242 e. The van der Waals surface area contributed by atoms with Gasteiger partial charge in [0.2, 0.25) is 11.8 Å². The summed E-state index contributed by atoms with van der Waals surface area (Å²) in [5.74, 6) is 1.62. The summed E-state index contributed by atoms with van der Waals surface area (Å²) in [6, 6.07) is 16.2. The van der Waals surface area contributed by atoms with Crippen LogP contribution in [-0.2, 0) is 22.6 Å². The Hall–Kier alpha value is -3.28. The third kappa shape index (κ3) is 7.62. The highest BCUT2D eigenvalue weighted by atomic mass is 16.5. The van der Waals surface area contributed by atoms with Crippen LogP contribution in [-0.4, -0.2) is 52.8 Å². The third-order valence-electron chi connectivity index (χ3n) is 7.70. The lowest BCUT2D eigenvalue weighted by molar-refractivity contribution is -0.141. The summed E-state index contributed by atoms with van der Waals surface area (Å²) in [5, 5.41) is 1.19. The van der Waals surface area contributed by atoms with E-state index in [9.17, 15) is 9.59 Å². The zero-order valence-corrected chi connectivity index (χ0v) is 23.1. The first-order valence-corrected chi connectivity index (χ1v) is 14.4. The molecule has 1 aliphatic rings. The maximum Gasteiger partial charge on any atom is 0.242 e. The van der Waals surface area contributed by atoms with Crippen molar-refractivity contribution in [2.24, 2.45) is 5.92 Å². The van der Waals surface area contributed by atoms with Crippen molar-refractivity contribution in [3.8, 4) is 5.75 Å². The van der Waals surface area contributed by atoms with E-state index in [1.165, 1.54) is 36.6 Å². The van der Waals surface area contributed by atoms with Gasteiger partial charge in [-0.05, 0) is 61.4 Å². The van der Waals surface area contributed by atoms with E-state index in [1.54, 1.807) is 4.90 Å². The van der Waals surface area contributed by atoms with Gasteiger partial charge in [-0.3, -0.25) is 9.59 Å². The van der Waals surface area contributed by atoms with E-state index in [-0.39, 0.29) is 18.4 Å². The lowest BCUT2D eigenvalue weighted by Gasteiger charge is -2.28. The second-order valence-electron chi connectivity index (χ2n) is 10.5. The van der Waals surface area contributed by atoms with Crippen LogP contribution in [0.15, 0.2) is 54.7 Å². The van der Waals surface area contributed by atoms with Crippen LogP contribution in [0.2, 0.25) is 0 Å². The monoisotopic (exact) mass is 517 g/mol. The van der Waals surface area contributed by atoms with E-state index in [4.69, 9.17) is 4.74 Å². The van der Waals surface area contributed by atoms with Crippen LogP contribution in [0.25, 0.3) is 10.9 Å². The van der Waals surface area contributed by atoms with E-state index in [0.29, 0.717) is 38.6 Å². The SMILES string of the molecule is CCCN(CC(=O)N(CCc1c[nH]c2ccccc12)Cc1ccc(OCC)cc1)C(=O)CCC1CCCC1. The average molecular weight is 518 g/mol. The van der Waals surface area contributed by atoms with Gasteiger partial charge in [0.1, 0.15) is 5.75 Å². The van der Waals surface area contributed by atoms with Gasteiger partial charge in [0.05, 0.1) is 13.2 Å². The summed E-state index contributed by atoms with van der Waals surface area (Å²) in [6.45, 7) is 6.51. The maximum absolute atomic E-state index is 13.7. The van der Waals surface area contributed by atoms with E-state index in [1.807, 2.05) is 54.4 Å². The molecule has 6 heteroatoms. The Balaban J connectivity index is 1.45. The van der Waals surface area contributed by atoms with Crippen molar-refractivity contribution in [2.45, 2.75) is 71.8 Å². The molecule has 1 saturated carbocycles. The van der Waals surface area contributed by atoms with E-state index >= 15 is 0 Å². The molecule has 1 N–H and O–H groups in total. The minimum absolute atomic E-state index is 0.00129. The third-order valence-corrected chi connectivity index (χ3v) is 7.70. The molecular weight excluding hydrogens is 474 g/mol. The molecule has 2 aromatic carbocycles. The normalized spacial score (nSPS) is 13.6. The molecule has 204 valence electrons. The zero-order valence-electron chi connectivity index (χ0n) is 23.1. The number of para-hydroxylation sites is 1. The Morgan fingerprint density at radius 3 is 2.45 bits per heavy atom. The van der Waals surface area contributed by atoms with Crippen molar-refractivity contribution in [3.63, 3.8) is 0 Å². The van der Waals surface area contributed by atoms with Crippen molar-refractivity contribution in [2.75, 3.05) is 26.2 Å². The average Bonchev–Trinajstić information content (AvgIpc) is 3.60. The quantitative estimate of drug-likeness (QED) is 0.271. The molecule has 4 rings (SSSR count). The van der Waals surface area contributed by atoms with Gasteiger partial charge in [-0.2, -0.15) is 0 Å². The molecule has 0 radical (unpaired) electrons. The molecule has 1 fully saturated rings. The number of hydrogen-bond donors (Lipinski definition) is 1. The first-order chi connectivity index (χ1) is 18.6. The highest BCUT2D eigenvalue weighted by Crippen LogP contribution is 2.28. The summed E-state index contributed by atoms with van der Waals surface area (Å²) < 4.78 is 5.59. The lowest BCUT2D eigenvalue weighted by atomic mass is 10.0. The van der Waals surface area contributed by atoms with Crippen LogP contribution in [0.3, 0.4) is 0 Å². The van der Waals surface area contributed by atoms with E-state index in [0.717, 1.165) is 36.1 Å². The van der Waals surface area contributed by atoms with Gasteiger partial charge in [-0.25, -0.2) is 0 Å². The van der Waals surface area contributed by atoms with Gasteiger partial charge in [-0.1, -0.05) is 62.9 Å². The Labute approximate surface area is 227 Å². The molecule has 0 spiro atoms. The molecule has 0 aliphatic heterocycles. The number of rotatable bonds is 14. The second kappa shape index (κ2) is 14.0. The largest absolute Gasteiger partial charge is 0.494 e. The number of carbonyl (C=O) groups is 2. The molecule has 0 unspecified atom stereocenters. The van der Waals surface area contributed by atoms with Crippen LogP contribution < -0.4 is 4.74 Å². The van der Waals surface area contributed by atoms with Gasteiger partial charge < -0.3 is 19.5 Å². The predicted molar refractivity (Wildman–Crippen MR) is 153 cm³/mol. The molecule has 0 atom stereocenters. The number of amides is 2. The number of nitrogens with zero attached hydrogens (tertiary/aromatic N) is 2. The minimum Gasteiger partial charge on any atom is -0.494 e. The molecular formula is C32H43N3O3. The lowest BCUT2D eigenvalue weighted by Crippen LogP contribution is -2.43. The predicted octanol–water partition coefficient (Wildman–Crippen LogP) is 6.35. The first kappa shape index (κ1) is 27.7. The van der Waals surface area contributed by atoms with Crippen LogP contribution in [0.1, 0.15) is 69.9 Å². The number of nitrogens with one attached hydrogen (secondary N) is 1. The van der Waals surface area contributed by atoms with Gasteiger partial charge in [0.25, 0.3) is 0 Å². The molecule has 1 heterocycles. The van der Waals surface area contributed by atoms with Crippen molar-refractivity contribution >= 4 is 22.7 Å². The van der Waals surface area contributed by atoms with E-state index in [2.05, 4.69) is 24.0 Å². The Morgan fingerprint density at radius 1 is 0.947 bits per heavy atom. The number of carbonyl (C=O) groups excluding carboxylic acids is 2. The van der Waals surface area contributed by atoms with Gasteiger partial charge >= 0.3 is 0 Å². The van der Waals surface area contributed by atoms with Crippen LogP contribution in [0, 0.1) is 5.92 Å². The molecule has 0 saturated heterocycles. The Kier molecular flexibility index (Phi) is 10.2. The number of fused-ring (bicyclic) bond motifs is 1. The fourth-order valence-corrected chi connectivity index (χ4v) is 5.57. The van der Waals surface area contributed by atoms with E-state index < -0.39 is 0 Å². The number of ether oxygens (including phenoxy) is 1. The van der Waals surface area contributed by atoms with Crippen LogP contribution in [0.4, 0.5) is 0 Å². The standard InChI is InChI=1S/C32H43N3O3/c1-3-20-34(31(36)18-15-25-9-5-6-10-25)24-32(37)35(23-26-13-16-28(17-14-26)38-4-2)21-19-27-22-33-30-12-8-7-11-29(27)30/h7-8,11-14,16-17,22,25,33H,3-6,9-10,15,18-21,23-24H2,1-2H3. The number of benzene rings is 2. The number of aromatic amines is 1. The maximum atomic E-state index is 13.7. The Morgan fingerprint density at radius 2 is 1.71 bits per heavy atom. The number of H-pyrrole nitrogens is 1. The summed E-state index contributed by atoms with van der Waals surface area (Å²) in [6.07, 6.45) is 10.2. The second-order valence-corrected chi connectivity index (χ2v) is 10.5. The highest BCUT2D eigenvalue weighted by molar-refractivity contribution is 5.85. The molecule has 3 aromatic rings. The zero-order chi connectivity index (χ0) is 26.7. The molecule has 38 heavy (non-hydrogen) atoms. The van der Waals surface area contributed by atoms with Crippen molar-refractivity contribution in [1.29, 1.82) is 0 Å². The molecule has 6 nitrogen and oxygen atoms in total. The van der Waals surface area contributed by atoms with Crippen molar-refractivity contribution in [1.82, 2.24) is 14.8 Å². The van der Waals surface area contributed by atoms with Crippen molar-refractivity contribution in [3.05, 3.63) is 65.9 Å². The molecule has 1 aliphatic carbocycles. The number of aromatic nitrogens is 1. The fraction of sp³-hybridized carbons (Fsp3) is 0.500. The van der Waals surface area contributed by atoms with Gasteiger partial charge in [-0.15, -0.1) is 0 Å². The van der Waals surface area contributed by atoms with Gasteiger partial charge in [0.15, 0.2) is 0 Å². The molecule has 2 amide bonds. The summed E-state index contributed by atoms with van der Waals surface area (Å²) >= 11 is 0. The fourth-order valence-electron chi connectivity index (χ4n) is 5.57. The summed E-state index contributed by atoms with van der Waals surface area (Å²) in [5.41, 5.74) is 3.35. The van der Waals surface area contributed by atoms with Crippen LogP contribution in [0.5, 0.6) is 5.75 Å². The van der Waals surface area contributed by atoms with Crippen LogP contribution >= 0.6 is 0 Å². The molecule has 1 aromatic heterocycles. The highest BCUT2D eigenvalue weighted by Gasteiger charge is 2.23. The first-order valence-electron chi connectivity index (χ1n) is 14.4. The van der Waals surface area contributed by atoms with Crippen molar-refractivity contribution < 1.29 is 14.3 Å². The molecule has 0 bridgehead atoms. The topological polar surface area (TPSA) is 65.6 Å². The Bertz CT molecular complexity index is 1160. The summed E-state index contributed by atoms with van der Waals surface area (Å²) in [4.78, 5) is 33.9. The minimum atomic E-state index is 0.00129. The van der Waals surface area contributed by atoms with Gasteiger partial charge in [0, 0.05) is 43.2 Å². The summed E-state index contributed by atoms with van der Waals surface area (Å²) in [7, 11) is 0.